The molecular formula is C22H22N2O3S. The second-order valence-electron chi connectivity index (χ2n) is 5.97. The molecule has 0 unspecified atom stereocenters. The third-order valence-electron chi connectivity index (χ3n) is 3.92. The summed E-state index contributed by atoms with van der Waals surface area (Å²) < 4.78 is 10.9. The van der Waals surface area contributed by atoms with E-state index in [1.165, 1.54) is 5.56 Å². The molecule has 0 spiro atoms. The van der Waals surface area contributed by atoms with Gasteiger partial charge in [0.2, 0.25) is 5.91 Å². The van der Waals surface area contributed by atoms with Crippen molar-refractivity contribution in [2.75, 3.05) is 19.0 Å². The summed E-state index contributed by atoms with van der Waals surface area (Å²) in [5, 5.41) is 2.89. The summed E-state index contributed by atoms with van der Waals surface area (Å²) in [5.74, 6) is 2.06. The van der Waals surface area contributed by atoms with E-state index in [-0.39, 0.29) is 18.9 Å². The molecule has 0 aliphatic heterocycles. The predicted molar refractivity (Wildman–Crippen MR) is 112 cm³/mol. The van der Waals surface area contributed by atoms with E-state index >= 15 is 0 Å². The zero-order chi connectivity index (χ0) is 19.6. The molecule has 3 rings (SSSR count). The number of para-hydroxylation sites is 2. The number of methoxy groups -OCH3 is 1. The Bertz CT molecular complexity index is 886. The highest BCUT2D eigenvalue weighted by atomic mass is 32.2. The molecule has 28 heavy (non-hydrogen) atoms. The van der Waals surface area contributed by atoms with E-state index in [2.05, 4.69) is 16.4 Å². The first-order chi connectivity index (χ1) is 13.7. The molecular weight excluding hydrogens is 372 g/mol. The van der Waals surface area contributed by atoms with Crippen molar-refractivity contribution in [3.8, 4) is 11.5 Å². The molecule has 144 valence electrons. The molecule has 1 heterocycles. The van der Waals surface area contributed by atoms with Gasteiger partial charge >= 0.3 is 0 Å². The highest BCUT2D eigenvalue weighted by Gasteiger charge is 2.06. The van der Waals surface area contributed by atoms with Crippen molar-refractivity contribution in [1.82, 2.24) is 4.98 Å². The minimum atomic E-state index is -0.0920. The zero-order valence-corrected chi connectivity index (χ0v) is 16.4. The molecule has 0 saturated carbocycles. The molecule has 3 aromatic rings. The Balaban J connectivity index is 1.42. The van der Waals surface area contributed by atoms with Crippen molar-refractivity contribution in [1.29, 1.82) is 0 Å². The number of nitrogens with zero attached hydrogens (tertiary/aromatic N) is 1. The van der Waals surface area contributed by atoms with Gasteiger partial charge in [-0.2, -0.15) is 0 Å². The standard InChI is InChI=1S/C22H22N2O3S/c1-26-20-6-2-3-7-21(20)27-14-12-22(25)24-18-8-10-19(11-9-18)28-16-17-5-4-13-23-15-17/h2-11,13,15H,12,14,16H2,1H3,(H,24,25). The molecule has 0 fully saturated rings. The maximum atomic E-state index is 12.1. The number of thioether (sulfide) groups is 1. The Hall–Kier alpha value is -2.99. The first-order valence-corrected chi connectivity index (χ1v) is 9.90. The molecule has 1 aromatic heterocycles. The highest BCUT2D eigenvalue weighted by molar-refractivity contribution is 7.98. The van der Waals surface area contributed by atoms with Gasteiger partial charge in [0.15, 0.2) is 11.5 Å². The quantitative estimate of drug-likeness (QED) is 0.529. The fraction of sp³-hybridized carbons (Fsp3) is 0.182. The van der Waals surface area contributed by atoms with E-state index < -0.39 is 0 Å². The molecule has 0 aliphatic rings. The number of amides is 1. The van der Waals surface area contributed by atoms with Crippen LogP contribution in [0.5, 0.6) is 11.5 Å². The Kier molecular flexibility index (Phi) is 7.32. The number of carbonyl (C=O) groups excluding carboxylic acids is 1. The van der Waals surface area contributed by atoms with Crippen LogP contribution in [0.25, 0.3) is 0 Å². The van der Waals surface area contributed by atoms with Gasteiger partial charge in [0.05, 0.1) is 20.1 Å². The third kappa shape index (κ3) is 6.03. The average Bonchev–Trinajstić information content (AvgIpc) is 2.74. The van der Waals surface area contributed by atoms with E-state index in [9.17, 15) is 4.79 Å². The van der Waals surface area contributed by atoms with Crippen LogP contribution in [-0.4, -0.2) is 24.6 Å². The Morgan fingerprint density at radius 1 is 1.04 bits per heavy atom. The monoisotopic (exact) mass is 394 g/mol. The number of anilines is 1. The van der Waals surface area contributed by atoms with E-state index in [4.69, 9.17) is 9.47 Å². The van der Waals surface area contributed by atoms with Crippen LogP contribution in [0.15, 0.2) is 78.0 Å². The van der Waals surface area contributed by atoms with Gasteiger partial charge in [-0.15, -0.1) is 11.8 Å². The van der Waals surface area contributed by atoms with Gasteiger partial charge in [0, 0.05) is 28.7 Å². The van der Waals surface area contributed by atoms with E-state index in [1.54, 1.807) is 25.1 Å². The number of rotatable bonds is 9. The van der Waals surface area contributed by atoms with Crippen LogP contribution in [-0.2, 0) is 10.5 Å². The van der Waals surface area contributed by atoms with Gasteiger partial charge in [0.1, 0.15) is 0 Å². The summed E-state index contributed by atoms with van der Waals surface area (Å²) >= 11 is 1.73. The van der Waals surface area contributed by atoms with Crippen molar-refractivity contribution >= 4 is 23.4 Å². The maximum absolute atomic E-state index is 12.1. The minimum Gasteiger partial charge on any atom is -0.493 e. The van der Waals surface area contributed by atoms with Crippen molar-refractivity contribution in [2.24, 2.45) is 0 Å². The summed E-state index contributed by atoms with van der Waals surface area (Å²) in [6.45, 7) is 0.283. The number of aromatic nitrogens is 1. The van der Waals surface area contributed by atoms with Crippen LogP contribution < -0.4 is 14.8 Å². The number of hydrogen-bond acceptors (Lipinski definition) is 5. The van der Waals surface area contributed by atoms with Crippen LogP contribution in [0.4, 0.5) is 5.69 Å². The zero-order valence-electron chi connectivity index (χ0n) is 15.6. The molecule has 0 radical (unpaired) electrons. The number of carbonyl (C=O) groups is 1. The first kappa shape index (κ1) is 19.8. The average molecular weight is 394 g/mol. The molecule has 5 nitrogen and oxygen atoms in total. The number of hydrogen-bond donors (Lipinski definition) is 1. The summed E-state index contributed by atoms with van der Waals surface area (Å²) in [6.07, 6.45) is 3.90. The predicted octanol–water partition coefficient (Wildman–Crippen LogP) is 4.79. The molecule has 6 heteroatoms. The van der Waals surface area contributed by atoms with Gasteiger partial charge < -0.3 is 14.8 Å². The van der Waals surface area contributed by atoms with Crippen molar-refractivity contribution < 1.29 is 14.3 Å². The van der Waals surface area contributed by atoms with Crippen LogP contribution in [0, 0.1) is 0 Å². The summed E-state index contributed by atoms with van der Waals surface area (Å²) in [6, 6.07) is 19.2. The fourth-order valence-corrected chi connectivity index (χ4v) is 3.33. The number of nitrogens with one attached hydrogen (secondary N) is 1. The molecule has 1 N–H and O–H groups in total. The Morgan fingerprint density at radius 2 is 1.82 bits per heavy atom. The second kappa shape index (κ2) is 10.4. The minimum absolute atomic E-state index is 0.0920. The summed E-state index contributed by atoms with van der Waals surface area (Å²) in [5.41, 5.74) is 1.95. The van der Waals surface area contributed by atoms with Gasteiger partial charge in [-0.25, -0.2) is 0 Å². The molecule has 0 saturated heterocycles. The lowest BCUT2D eigenvalue weighted by atomic mass is 10.3. The third-order valence-corrected chi connectivity index (χ3v) is 5.01. The smallest absolute Gasteiger partial charge is 0.227 e. The normalized spacial score (nSPS) is 10.3. The fourth-order valence-electron chi connectivity index (χ4n) is 2.50. The molecule has 0 atom stereocenters. The van der Waals surface area contributed by atoms with Gasteiger partial charge in [-0.1, -0.05) is 18.2 Å². The largest absolute Gasteiger partial charge is 0.493 e. The second-order valence-corrected chi connectivity index (χ2v) is 7.02. The van der Waals surface area contributed by atoms with Gasteiger partial charge in [-0.05, 0) is 48.0 Å². The maximum Gasteiger partial charge on any atom is 0.227 e. The van der Waals surface area contributed by atoms with Crippen LogP contribution in [0.1, 0.15) is 12.0 Å². The van der Waals surface area contributed by atoms with Crippen LogP contribution in [0.2, 0.25) is 0 Å². The van der Waals surface area contributed by atoms with Gasteiger partial charge in [-0.3, -0.25) is 9.78 Å². The Labute approximate surface area is 169 Å². The lowest BCUT2D eigenvalue weighted by Crippen LogP contribution is -2.15. The lowest BCUT2D eigenvalue weighted by Gasteiger charge is -2.10. The molecule has 0 aliphatic carbocycles. The van der Waals surface area contributed by atoms with Crippen molar-refractivity contribution in [2.45, 2.75) is 17.1 Å². The van der Waals surface area contributed by atoms with Crippen LogP contribution >= 0.6 is 11.8 Å². The number of ether oxygens (including phenoxy) is 2. The van der Waals surface area contributed by atoms with Crippen LogP contribution in [0.3, 0.4) is 0 Å². The highest BCUT2D eigenvalue weighted by Crippen LogP contribution is 2.26. The topological polar surface area (TPSA) is 60.5 Å². The van der Waals surface area contributed by atoms with E-state index in [0.29, 0.717) is 11.5 Å². The first-order valence-electron chi connectivity index (χ1n) is 8.92. The summed E-state index contributed by atoms with van der Waals surface area (Å²) in [4.78, 5) is 17.4. The lowest BCUT2D eigenvalue weighted by molar-refractivity contribution is -0.116. The van der Waals surface area contributed by atoms with E-state index in [0.717, 1.165) is 16.3 Å². The number of pyridine rings is 1. The Morgan fingerprint density at radius 3 is 2.54 bits per heavy atom. The van der Waals surface area contributed by atoms with Crippen molar-refractivity contribution in [3.05, 3.63) is 78.6 Å². The molecule has 0 bridgehead atoms. The SMILES string of the molecule is COc1ccccc1OCCC(=O)Nc1ccc(SCc2cccnc2)cc1. The van der Waals surface area contributed by atoms with Crippen molar-refractivity contribution in [3.63, 3.8) is 0 Å². The van der Waals surface area contributed by atoms with Gasteiger partial charge in [0.25, 0.3) is 0 Å². The molecule has 2 aromatic carbocycles. The van der Waals surface area contributed by atoms with E-state index in [1.807, 2.05) is 60.8 Å². The number of benzene rings is 2. The summed E-state index contributed by atoms with van der Waals surface area (Å²) in [7, 11) is 1.59. The molecule has 1 amide bonds.